The van der Waals surface area contributed by atoms with Crippen LogP contribution in [0.2, 0.25) is 0 Å². The number of fused-ring (bicyclic) bond motifs is 1. The van der Waals surface area contributed by atoms with Gasteiger partial charge in [-0.15, -0.1) is 0 Å². The van der Waals surface area contributed by atoms with Crippen molar-refractivity contribution in [1.82, 2.24) is 4.90 Å². The maximum Gasteiger partial charge on any atom is 0.261 e. The highest BCUT2D eigenvalue weighted by Crippen LogP contribution is 2.25. The molecule has 4 nitrogen and oxygen atoms in total. The summed E-state index contributed by atoms with van der Waals surface area (Å²) in [5.41, 5.74) is 7.82. The summed E-state index contributed by atoms with van der Waals surface area (Å²) in [6.45, 7) is 0.699. The Kier molecular flexibility index (Phi) is 3.54. The molecular formula is C17H16N2O2. The van der Waals surface area contributed by atoms with Gasteiger partial charge in [0.1, 0.15) is 0 Å². The molecule has 1 aliphatic rings. The Labute approximate surface area is 123 Å². The smallest absolute Gasteiger partial charge is 0.261 e. The van der Waals surface area contributed by atoms with Crippen LogP contribution in [-0.4, -0.2) is 29.8 Å². The Morgan fingerprint density at radius 2 is 1.38 bits per heavy atom. The number of carbonyl (C=O) groups is 2. The summed E-state index contributed by atoms with van der Waals surface area (Å²) in [6.07, 6.45) is 0. The normalized spacial score (nSPS) is 15.2. The maximum atomic E-state index is 12.4. The molecule has 1 heterocycles. The maximum absolute atomic E-state index is 12.4. The van der Waals surface area contributed by atoms with E-state index in [2.05, 4.69) is 0 Å². The number of hydrogen-bond acceptors (Lipinski definition) is 3. The molecule has 0 bridgehead atoms. The minimum Gasteiger partial charge on any atom is -0.330 e. The lowest BCUT2D eigenvalue weighted by Gasteiger charge is -2.21. The number of benzene rings is 2. The van der Waals surface area contributed by atoms with Gasteiger partial charge in [0.15, 0.2) is 0 Å². The molecule has 21 heavy (non-hydrogen) atoms. The van der Waals surface area contributed by atoms with Crippen LogP contribution >= 0.6 is 0 Å². The summed E-state index contributed by atoms with van der Waals surface area (Å²) >= 11 is 0. The lowest BCUT2D eigenvalue weighted by Crippen LogP contribution is -2.36. The Morgan fingerprint density at radius 3 is 1.90 bits per heavy atom. The van der Waals surface area contributed by atoms with E-state index in [1.165, 1.54) is 4.90 Å². The minimum absolute atomic E-state index is 0.0478. The standard InChI is InChI=1S/C17H16N2O2/c18-10-13(12-6-2-1-3-7-12)11-19-16(20)14-8-4-5-9-15(14)17(19)21/h1-9,13H,10-11,18H2. The van der Waals surface area contributed by atoms with Crippen LogP contribution in [0, 0.1) is 0 Å². The van der Waals surface area contributed by atoms with E-state index in [1.807, 2.05) is 30.3 Å². The van der Waals surface area contributed by atoms with Gasteiger partial charge in [0.2, 0.25) is 0 Å². The molecule has 2 amide bonds. The molecule has 2 aromatic rings. The van der Waals surface area contributed by atoms with E-state index in [0.717, 1.165) is 5.56 Å². The van der Waals surface area contributed by atoms with E-state index in [-0.39, 0.29) is 17.7 Å². The molecule has 4 heteroatoms. The minimum atomic E-state index is -0.231. The van der Waals surface area contributed by atoms with E-state index in [9.17, 15) is 9.59 Å². The second kappa shape index (κ2) is 5.50. The molecule has 0 fully saturated rings. The zero-order chi connectivity index (χ0) is 14.8. The third-order valence-corrected chi connectivity index (χ3v) is 3.84. The van der Waals surface area contributed by atoms with E-state index in [0.29, 0.717) is 24.2 Å². The molecule has 0 aromatic heterocycles. The van der Waals surface area contributed by atoms with E-state index < -0.39 is 0 Å². The lowest BCUT2D eigenvalue weighted by molar-refractivity contribution is 0.0645. The fourth-order valence-electron chi connectivity index (χ4n) is 2.67. The Hall–Kier alpha value is -2.46. The molecule has 106 valence electrons. The second-order valence-electron chi connectivity index (χ2n) is 5.11. The predicted molar refractivity (Wildman–Crippen MR) is 80.0 cm³/mol. The molecule has 0 aliphatic carbocycles. The van der Waals surface area contributed by atoms with Gasteiger partial charge >= 0.3 is 0 Å². The lowest BCUT2D eigenvalue weighted by atomic mass is 9.99. The van der Waals surface area contributed by atoms with Crippen molar-refractivity contribution in [1.29, 1.82) is 0 Å². The molecule has 0 spiro atoms. The number of carbonyl (C=O) groups excluding carboxylic acids is 2. The van der Waals surface area contributed by atoms with Gasteiger partial charge in [-0.1, -0.05) is 42.5 Å². The van der Waals surface area contributed by atoms with Gasteiger partial charge in [-0.2, -0.15) is 0 Å². The number of amides is 2. The monoisotopic (exact) mass is 280 g/mol. The zero-order valence-corrected chi connectivity index (χ0v) is 11.5. The van der Waals surface area contributed by atoms with Crippen molar-refractivity contribution in [2.24, 2.45) is 5.73 Å². The van der Waals surface area contributed by atoms with Crippen molar-refractivity contribution >= 4 is 11.8 Å². The van der Waals surface area contributed by atoms with E-state index >= 15 is 0 Å². The number of rotatable bonds is 4. The number of hydrogen-bond donors (Lipinski definition) is 1. The van der Waals surface area contributed by atoms with Crippen molar-refractivity contribution in [3.8, 4) is 0 Å². The molecule has 0 saturated carbocycles. The molecule has 2 N–H and O–H groups in total. The first-order chi connectivity index (χ1) is 10.2. The highest BCUT2D eigenvalue weighted by Gasteiger charge is 2.36. The summed E-state index contributed by atoms with van der Waals surface area (Å²) in [4.78, 5) is 26.0. The van der Waals surface area contributed by atoms with Crippen molar-refractivity contribution in [2.75, 3.05) is 13.1 Å². The molecular weight excluding hydrogens is 264 g/mol. The van der Waals surface area contributed by atoms with Gasteiger partial charge in [-0.3, -0.25) is 14.5 Å². The average Bonchev–Trinajstić information content (AvgIpc) is 2.78. The van der Waals surface area contributed by atoms with Gasteiger partial charge in [0.05, 0.1) is 11.1 Å². The van der Waals surface area contributed by atoms with Crippen LogP contribution < -0.4 is 5.73 Å². The van der Waals surface area contributed by atoms with Gasteiger partial charge < -0.3 is 5.73 Å². The number of imide groups is 1. The molecule has 0 radical (unpaired) electrons. The largest absolute Gasteiger partial charge is 0.330 e. The summed E-state index contributed by atoms with van der Waals surface area (Å²) in [7, 11) is 0. The fourth-order valence-corrected chi connectivity index (χ4v) is 2.67. The van der Waals surface area contributed by atoms with Gasteiger partial charge in [-0.05, 0) is 17.7 Å². The summed E-state index contributed by atoms with van der Waals surface area (Å²) in [5.74, 6) is -0.511. The number of nitrogens with two attached hydrogens (primary N) is 1. The molecule has 2 aromatic carbocycles. The molecule has 1 unspecified atom stereocenters. The van der Waals surface area contributed by atoms with Crippen molar-refractivity contribution in [2.45, 2.75) is 5.92 Å². The first kappa shape index (κ1) is 13.5. The van der Waals surface area contributed by atoms with Crippen molar-refractivity contribution in [3.05, 3.63) is 71.3 Å². The SMILES string of the molecule is NCC(CN1C(=O)c2ccccc2C1=O)c1ccccc1. The topological polar surface area (TPSA) is 63.4 Å². The van der Waals surface area contributed by atoms with Gasteiger partial charge in [0.25, 0.3) is 11.8 Å². The summed E-state index contributed by atoms with van der Waals surface area (Å²) < 4.78 is 0. The average molecular weight is 280 g/mol. The molecule has 0 saturated heterocycles. The second-order valence-corrected chi connectivity index (χ2v) is 5.11. The van der Waals surface area contributed by atoms with Crippen LogP contribution in [0.4, 0.5) is 0 Å². The molecule has 1 aliphatic heterocycles. The van der Waals surface area contributed by atoms with Gasteiger partial charge in [0, 0.05) is 19.0 Å². The quantitative estimate of drug-likeness (QED) is 0.872. The Bertz CT molecular complexity index is 647. The Balaban J connectivity index is 1.86. The van der Waals surface area contributed by atoms with Crippen LogP contribution in [0.15, 0.2) is 54.6 Å². The predicted octanol–water partition coefficient (Wildman–Crippen LogP) is 2.03. The molecule has 3 rings (SSSR count). The van der Waals surface area contributed by atoms with Crippen LogP contribution in [0.1, 0.15) is 32.2 Å². The third-order valence-electron chi connectivity index (χ3n) is 3.84. The first-order valence-corrected chi connectivity index (χ1v) is 6.92. The fraction of sp³-hybridized carbons (Fsp3) is 0.176. The summed E-state index contributed by atoms with van der Waals surface area (Å²) in [6, 6.07) is 16.6. The number of nitrogens with zero attached hydrogens (tertiary/aromatic N) is 1. The van der Waals surface area contributed by atoms with E-state index in [4.69, 9.17) is 5.73 Å². The zero-order valence-electron chi connectivity index (χ0n) is 11.5. The third kappa shape index (κ3) is 2.34. The van der Waals surface area contributed by atoms with Crippen LogP contribution in [-0.2, 0) is 0 Å². The van der Waals surface area contributed by atoms with Crippen LogP contribution in [0.5, 0.6) is 0 Å². The Morgan fingerprint density at radius 1 is 0.857 bits per heavy atom. The van der Waals surface area contributed by atoms with Gasteiger partial charge in [-0.25, -0.2) is 0 Å². The summed E-state index contributed by atoms with van der Waals surface area (Å²) in [5, 5.41) is 0. The van der Waals surface area contributed by atoms with Crippen LogP contribution in [0.3, 0.4) is 0 Å². The van der Waals surface area contributed by atoms with Crippen molar-refractivity contribution in [3.63, 3.8) is 0 Å². The van der Waals surface area contributed by atoms with Crippen molar-refractivity contribution < 1.29 is 9.59 Å². The van der Waals surface area contributed by atoms with Crippen LogP contribution in [0.25, 0.3) is 0 Å². The molecule has 1 atom stereocenters. The highest BCUT2D eigenvalue weighted by molar-refractivity contribution is 6.21. The van der Waals surface area contributed by atoms with E-state index in [1.54, 1.807) is 24.3 Å². The first-order valence-electron chi connectivity index (χ1n) is 6.92. The highest BCUT2D eigenvalue weighted by atomic mass is 16.2.